The number of imide groups is 1. The molecule has 1 fully saturated rings. The van der Waals surface area contributed by atoms with Gasteiger partial charge in [-0.05, 0) is 46.4 Å². The van der Waals surface area contributed by atoms with Gasteiger partial charge in [-0.15, -0.1) is 23.2 Å². The van der Waals surface area contributed by atoms with Crippen molar-refractivity contribution in [3.05, 3.63) is 101 Å². The van der Waals surface area contributed by atoms with Crippen molar-refractivity contribution >= 4 is 46.6 Å². The first-order chi connectivity index (χ1) is 17.3. The Morgan fingerprint density at radius 3 is 1.67 bits per heavy atom. The number of benzene rings is 3. The van der Waals surface area contributed by atoms with Gasteiger partial charge >= 0.3 is 0 Å². The van der Waals surface area contributed by atoms with Crippen LogP contribution in [0.25, 0.3) is 0 Å². The van der Waals surface area contributed by atoms with Crippen LogP contribution in [0.1, 0.15) is 41.2 Å². The molecule has 4 aliphatic rings. The van der Waals surface area contributed by atoms with Gasteiger partial charge in [0.1, 0.15) is 9.75 Å². The third-order valence-corrected chi connectivity index (χ3v) is 9.17. The highest BCUT2D eigenvalue weighted by atomic mass is 35.5. The molecule has 3 aromatic carbocycles. The van der Waals surface area contributed by atoms with E-state index in [4.69, 9.17) is 23.2 Å². The van der Waals surface area contributed by atoms with Crippen LogP contribution in [0.2, 0.25) is 0 Å². The zero-order valence-corrected chi connectivity index (χ0v) is 21.1. The Morgan fingerprint density at radius 1 is 0.806 bits per heavy atom. The Balaban J connectivity index is 1.31. The zero-order chi connectivity index (χ0) is 25.2. The number of hydrogen-bond acceptors (Lipinski definition) is 3. The Bertz CT molecular complexity index is 1300. The molecule has 5 nitrogen and oxygen atoms in total. The number of carbonyl (C=O) groups is 3. The number of hydrogen-bond donors (Lipinski definition) is 1. The summed E-state index contributed by atoms with van der Waals surface area (Å²) in [7, 11) is 0. The second-order valence-corrected chi connectivity index (χ2v) is 10.8. The number of nitrogens with one attached hydrogen (secondary N) is 1. The molecule has 2 atom stereocenters. The normalized spacial score (nSPS) is 27.5. The van der Waals surface area contributed by atoms with E-state index in [2.05, 4.69) is 12.2 Å². The van der Waals surface area contributed by atoms with E-state index in [9.17, 15) is 14.4 Å². The predicted molar refractivity (Wildman–Crippen MR) is 139 cm³/mol. The topological polar surface area (TPSA) is 66.5 Å². The molecular formula is C29H24Cl2N2O3. The van der Waals surface area contributed by atoms with Crippen LogP contribution in [0.3, 0.4) is 0 Å². The van der Waals surface area contributed by atoms with Crippen LogP contribution in [0, 0.1) is 11.8 Å². The molecule has 0 saturated carbocycles. The van der Waals surface area contributed by atoms with Gasteiger partial charge in [-0.3, -0.25) is 19.3 Å². The number of likely N-dealkylation sites (tertiary alicyclic amines) is 1. The van der Waals surface area contributed by atoms with E-state index >= 15 is 0 Å². The summed E-state index contributed by atoms with van der Waals surface area (Å²) in [6, 6.07) is 22.7. The molecule has 0 aromatic heterocycles. The van der Waals surface area contributed by atoms with Gasteiger partial charge in [0.05, 0.1) is 11.8 Å². The van der Waals surface area contributed by atoms with Gasteiger partial charge in [0.15, 0.2) is 0 Å². The second kappa shape index (κ2) is 8.19. The van der Waals surface area contributed by atoms with Gasteiger partial charge in [-0.2, -0.15) is 0 Å². The minimum absolute atomic E-state index is 0.0169. The largest absolute Gasteiger partial charge is 0.326 e. The van der Waals surface area contributed by atoms with Crippen molar-refractivity contribution < 1.29 is 14.4 Å². The van der Waals surface area contributed by atoms with Crippen LogP contribution < -0.4 is 5.32 Å². The molecule has 1 saturated heterocycles. The Kier molecular flexibility index (Phi) is 5.29. The first-order valence-corrected chi connectivity index (χ1v) is 12.9. The first-order valence-electron chi connectivity index (χ1n) is 12.1. The van der Waals surface area contributed by atoms with E-state index in [1.54, 1.807) is 0 Å². The number of amides is 3. The predicted octanol–water partition coefficient (Wildman–Crippen LogP) is 5.17. The molecule has 7 rings (SSSR count). The van der Waals surface area contributed by atoms with Crippen molar-refractivity contribution in [3.63, 3.8) is 0 Å². The Hall–Kier alpha value is -3.15. The molecular weight excluding hydrogens is 495 g/mol. The summed E-state index contributed by atoms with van der Waals surface area (Å²) in [6.07, 6.45) is 0.893. The van der Waals surface area contributed by atoms with Crippen LogP contribution >= 0.6 is 23.2 Å². The van der Waals surface area contributed by atoms with Crippen molar-refractivity contribution in [1.82, 2.24) is 4.90 Å². The number of anilines is 1. The van der Waals surface area contributed by atoms with Gasteiger partial charge in [0.25, 0.3) is 0 Å². The van der Waals surface area contributed by atoms with Crippen LogP contribution in [-0.4, -0.2) is 29.2 Å². The third kappa shape index (κ3) is 2.99. The molecule has 1 heterocycles. The number of halogens is 2. The van der Waals surface area contributed by atoms with Crippen LogP contribution in [0.4, 0.5) is 5.69 Å². The molecule has 182 valence electrons. The van der Waals surface area contributed by atoms with Gasteiger partial charge in [0, 0.05) is 18.7 Å². The fourth-order valence-electron chi connectivity index (χ4n) is 6.21. The summed E-state index contributed by atoms with van der Waals surface area (Å²) < 4.78 is 0. The highest BCUT2D eigenvalue weighted by molar-refractivity contribution is 6.36. The number of alkyl halides is 2. The monoisotopic (exact) mass is 518 g/mol. The molecule has 3 aromatic rings. The van der Waals surface area contributed by atoms with E-state index < -0.39 is 21.6 Å². The average molecular weight is 519 g/mol. The fraction of sp³-hybridized carbons (Fsp3) is 0.276. The van der Waals surface area contributed by atoms with Gasteiger partial charge in [0.2, 0.25) is 17.7 Å². The van der Waals surface area contributed by atoms with Gasteiger partial charge < -0.3 is 5.32 Å². The molecule has 36 heavy (non-hydrogen) atoms. The first kappa shape index (κ1) is 23.3. The van der Waals surface area contributed by atoms with E-state index in [0.717, 1.165) is 28.7 Å². The Morgan fingerprint density at radius 2 is 1.25 bits per heavy atom. The van der Waals surface area contributed by atoms with Crippen LogP contribution in [0.5, 0.6) is 0 Å². The standard InChI is InChI=1S/C29H24Cl2N2O3/c1-2-17-11-13-18(14-12-17)32-23(34)15-16-33-26(35)24-25(27(33)36)29(31)20-8-4-3-7-19(20)28(24,30)21-9-5-6-10-22(21)29/h3-14,24-25H,2,15-16H2,1H3,(H,32,34)/t24-,25-,28?,29?/m0/s1. The maximum Gasteiger partial charge on any atom is 0.235 e. The quantitative estimate of drug-likeness (QED) is 0.374. The Labute approximate surface area is 219 Å². The summed E-state index contributed by atoms with van der Waals surface area (Å²) in [4.78, 5) is 39.0. The minimum atomic E-state index is -1.21. The molecule has 0 radical (unpaired) electrons. The van der Waals surface area contributed by atoms with Crippen molar-refractivity contribution in [2.24, 2.45) is 11.8 Å². The molecule has 0 unspecified atom stereocenters. The highest BCUT2D eigenvalue weighted by Gasteiger charge is 2.72. The maximum atomic E-state index is 13.8. The van der Waals surface area contributed by atoms with Crippen LogP contribution in [0.15, 0.2) is 72.8 Å². The number of nitrogens with zero attached hydrogens (tertiary/aromatic N) is 1. The molecule has 3 aliphatic carbocycles. The third-order valence-electron chi connectivity index (χ3n) is 7.89. The zero-order valence-electron chi connectivity index (χ0n) is 19.6. The summed E-state index contributed by atoms with van der Waals surface area (Å²) in [6.45, 7) is 2.03. The second-order valence-electron chi connectivity index (χ2n) is 9.65. The molecule has 7 heteroatoms. The van der Waals surface area contributed by atoms with Crippen molar-refractivity contribution in [1.29, 1.82) is 0 Å². The van der Waals surface area contributed by atoms with E-state index in [-0.39, 0.29) is 30.7 Å². The van der Waals surface area contributed by atoms with Gasteiger partial charge in [-0.1, -0.05) is 67.6 Å². The molecule has 0 spiro atoms. The summed E-state index contributed by atoms with van der Waals surface area (Å²) in [5, 5.41) is 2.84. The summed E-state index contributed by atoms with van der Waals surface area (Å²) in [5.41, 5.74) is 4.89. The van der Waals surface area contributed by atoms with E-state index in [1.807, 2.05) is 72.8 Å². The average Bonchev–Trinajstić information content (AvgIpc) is 3.17. The lowest BCUT2D eigenvalue weighted by atomic mass is 9.54. The molecule has 3 amide bonds. The van der Waals surface area contributed by atoms with Gasteiger partial charge in [-0.25, -0.2) is 0 Å². The lowest BCUT2D eigenvalue weighted by molar-refractivity contribution is -0.140. The number of rotatable bonds is 5. The lowest BCUT2D eigenvalue weighted by Gasteiger charge is -2.54. The van der Waals surface area contributed by atoms with Crippen molar-refractivity contribution in [2.75, 3.05) is 11.9 Å². The highest BCUT2D eigenvalue weighted by Crippen LogP contribution is 2.69. The van der Waals surface area contributed by atoms with E-state index in [0.29, 0.717) is 5.69 Å². The lowest BCUT2D eigenvalue weighted by Crippen LogP contribution is -2.57. The van der Waals surface area contributed by atoms with Crippen molar-refractivity contribution in [2.45, 2.75) is 29.5 Å². The smallest absolute Gasteiger partial charge is 0.235 e. The molecule has 1 aliphatic heterocycles. The SMILES string of the molecule is CCc1ccc(NC(=O)CCN2C(=O)[C@@H]3[C@@H](C2=O)C2(Cl)c4ccccc4C3(Cl)c3ccccc32)cc1. The fourth-order valence-corrected chi connectivity index (χ4v) is 7.30. The number of aryl methyl sites for hydroxylation is 1. The van der Waals surface area contributed by atoms with E-state index in [1.165, 1.54) is 10.5 Å². The maximum absolute atomic E-state index is 13.8. The summed E-state index contributed by atoms with van der Waals surface area (Å²) >= 11 is 14.8. The summed E-state index contributed by atoms with van der Waals surface area (Å²) in [5.74, 6) is -2.73. The minimum Gasteiger partial charge on any atom is -0.326 e. The van der Waals surface area contributed by atoms with Crippen molar-refractivity contribution in [3.8, 4) is 0 Å². The van der Waals surface area contributed by atoms with Crippen LogP contribution in [-0.2, 0) is 30.6 Å². The molecule has 1 N–H and O–H groups in total. The molecule has 2 bridgehead atoms. The number of carbonyl (C=O) groups excluding carboxylic acids is 3.